The molecule has 1 aromatic rings. The minimum Gasteiger partial charge on any atom is -0.297 e. The molecule has 0 aliphatic rings. The van der Waals surface area contributed by atoms with Gasteiger partial charge >= 0.3 is 0 Å². The third-order valence-corrected chi connectivity index (χ3v) is 1.99. The molecule has 0 saturated heterocycles. The fourth-order valence-corrected chi connectivity index (χ4v) is 1.67. The molecule has 0 aliphatic carbocycles. The summed E-state index contributed by atoms with van der Waals surface area (Å²) in [6.07, 6.45) is 0. The van der Waals surface area contributed by atoms with E-state index in [4.69, 9.17) is 0 Å². The molecule has 0 unspecified atom stereocenters. The fraction of sp³-hybridized carbons (Fsp3) is 0.273. The molecule has 0 aliphatic heterocycles. The maximum atomic E-state index is 3.81. The molecule has 1 aromatic carbocycles. The normalized spacial score (nSPS) is 9.64. The quantitative estimate of drug-likeness (QED) is 0.814. The monoisotopic (exact) mass is 275 g/mol. The molecule has 0 aromatic heterocycles. The second-order valence-electron chi connectivity index (χ2n) is 3.18. The highest BCUT2D eigenvalue weighted by molar-refractivity contribution is 9.11. The van der Waals surface area contributed by atoms with Crippen LogP contribution in [0.3, 0.4) is 0 Å². The predicted molar refractivity (Wildman–Crippen MR) is 68.1 cm³/mol. The molecule has 1 rings (SSSR count). The third kappa shape index (κ3) is 5.43. The van der Waals surface area contributed by atoms with Crippen molar-refractivity contribution in [1.29, 1.82) is 0 Å². The van der Waals surface area contributed by atoms with E-state index in [0.29, 0.717) is 0 Å². The summed E-state index contributed by atoms with van der Waals surface area (Å²) in [7, 11) is 2.08. The van der Waals surface area contributed by atoms with E-state index in [0.717, 1.165) is 17.6 Å². The molecule has 0 amide bonds. The van der Waals surface area contributed by atoms with Gasteiger partial charge in [0.05, 0.1) is 0 Å². The molecule has 0 radical (unpaired) electrons. The average Bonchev–Trinajstić information content (AvgIpc) is 2.04. The molecular weight excluding hydrogens is 261 g/mol. The number of likely N-dealkylation sites (N-methyl/N-ethyl adjacent to an activating group) is 1. The van der Waals surface area contributed by atoms with Gasteiger partial charge in [-0.1, -0.05) is 52.8 Å². The second-order valence-corrected chi connectivity index (χ2v) is 4.30. The summed E-state index contributed by atoms with van der Waals surface area (Å²) in [5.41, 5.74) is 1.33. The SMILES string of the molecule is C=C(Br)CN(C)Cc1ccccc1.Cl. The Bertz CT molecular complexity index is 274. The minimum absolute atomic E-state index is 0. The maximum absolute atomic E-state index is 3.81. The highest BCUT2D eigenvalue weighted by atomic mass is 79.9. The van der Waals surface area contributed by atoms with Gasteiger partial charge in [-0.15, -0.1) is 12.4 Å². The first kappa shape index (κ1) is 13.7. The predicted octanol–water partition coefficient (Wildman–Crippen LogP) is 3.45. The summed E-state index contributed by atoms with van der Waals surface area (Å²) in [5, 5.41) is 0. The van der Waals surface area contributed by atoms with Crippen molar-refractivity contribution in [1.82, 2.24) is 4.90 Å². The van der Waals surface area contributed by atoms with E-state index in [1.807, 2.05) is 6.07 Å². The van der Waals surface area contributed by atoms with E-state index in [-0.39, 0.29) is 12.4 Å². The van der Waals surface area contributed by atoms with Gasteiger partial charge in [0.1, 0.15) is 0 Å². The van der Waals surface area contributed by atoms with Crippen LogP contribution < -0.4 is 0 Å². The van der Waals surface area contributed by atoms with Crippen molar-refractivity contribution >= 4 is 28.3 Å². The van der Waals surface area contributed by atoms with E-state index in [2.05, 4.69) is 58.7 Å². The van der Waals surface area contributed by atoms with Crippen molar-refractivity contribution in [3.05, 3.63) is 47.0 Å². The molecule has 0 heterocycles. The van der Waals surface area contributed by atoms with Crippen LogP contribution in [0.5, 0.6) is 0 Å². The number of rotatable bonds is 4. The van der Waals surface area contributed by atoms with Crippen molar-refractivity contribution in [3.63, 3.8) is 0 Å². The molecule has 0 atom stereocenters. The highest BCUT2D eigenvalue weighted by Gasteiger charge is 1.99. The zero-order chi connectivity index (χ0) is 9.68. The van der Waals surface area contributed by atoms with Crippen molar-refractivity contribution in [2.45, 2.75) is 6.54 Å². The number of hydrogen-bond acceptors (Lipinski definition) is 1. The van der Waals surface area contributed by atoms with Crippen LogP contribution in [0.25, 0.3) is 0 Å². The minimum atomic E-state index is 0. The van der Waals surface area contributed by atoms with Gasteiger partial charge in [0, 0.05) is 17.6 Å². The van der Waals surface area contributed by atoms with Crippen molar-refractivity contribution < 1.29 is 0 Å². The van der Waals surface area contributed by atoms with E-state index < -0.39 is 0 Å². The number of hydrogen-bond donors (Lipinski definition) is 0. The van der Waals surface area contributed by atoms with Gasteiger partial charge in [-0.3, -0.25) is 4.90 Å². The van der Waals surface area contributed by atoms with Crippen LogP contribution in [-0.4, -0.2) is 18.5 Å². The van der Waals surface area contributed by atoms with E-state index in [9.17, 15) is 0 Å². The standard InChI is InChI=1S/C11H14BrN.ClH/c1-10(12)8-13(2)9-11-6-4-3-5-7-11;/h3-7H,1,8-9H2,2H3;1H. The second kappa shape index (κ2) is 7.04. The van der Waals surface area contributed by atoms with Crippen LogP contribution >= 0.6 is 28.3 Å². The Hall–Kier alpha value is -0.310. The van der Waals surface area contributed by atoms with Gasteiger partial charge in [-0.2, -0.15) is 0 Å². The summed E-state index contributed by atoms with van der Waals surface area (Å²) >= 11 is 3.35. The van der Waals surface area contributed by atoms with Crippen LogP contribution in [0.2, 0.25) is 0 Å². The summed E-state index contributed by atoms with van der Waals surface area (Å²) in [4.78, 5) is 2.21. The molecule has 1 nitrogen and oxygen atoms in total. The van der Waals surface area contributed by atoms with E-state index in [1.54, 1.807) is 0 Å². The largest absolute Gasteiger partial charge is 0.297 e. The lowest BCUT2D eigenvalue weighted by Crippen LogP contribution is -2.18. The van der Waals surface area contributed by atoms with Gasteiger partial charge in [-0.25, -0.2) is 0 Å². The third-order valence-electron chi connectivity index (χ3n) is 1.74. The Labute approximate surface area is 100 Å². The van der Waals surface area contributed by atoms with Crippen LogP contribution in [-0.2, 0) is 6.54 Å². The molecule has 0 fully saturated rings. The Morgan fingerprint density at radius 3 is 2.43 bits per heavy atom. The van der Waals surface area contributed by atoms with Crippen molar-refractivity contribution in [2.75, 3.05) is 13.6 Å². The Morgan fingerprint density at radius 2 is 1.93 bits per heavy atom. The molecule has 0 spiro atoms. The Morgan fingerprint density at radius 1 is 1.36 bits per heavy atom. The number of benzene rings is 1. The maximum Gasteiger partial charge on any atom is 0.0294 e. The lowest BCUT2D eigenvalue weighted by molar-refractivity contribution is 0.362. The highest BCUT2D eigenvalue weighted by Crippen LogP contribution is 2.07. The Kier molecular flexibility index (Phi) is 6.89. The summed E-state index contributed by atoms with van der Waals surface area (Å²) in [6.45, 7) is 5.66. The number of halogens is 2. The van der Waals surface area contributed by atoms with E-state index in [1.165, 1.54) is 5.56 Å². The lowest BCUT2D eigenvalue weighted by Gasteiger charge is -2.15. The lowest BCUT2D eigenvalue weighted by atomic mass is 10.2. The van der Waals surface area contributed by atoms with Gasteiger partial charge in [-0.05, 0) is 12.6 Å². The topological polar surface area (TPSA) is 3.24 Å². The van der Waals surface area contributed by atoms with Crippen molar-refractivity contribution in [2.24, 2.45) is 0 Å². The van der Waals surface area contributed by atoms with Crippen LogP contribution in [0.15, 0.2) is 41.4 Å². The van der Waals surface area contributed by atoms with Crippen LogP contribution in [0.1, 0.15) is 5.56 Å². The summed E-state index contributed by atoms with van der Waals surface area (Å²) in [6, 6.07) is 10.4. The summed E-state index contributed by atoms with van der Waals surface area (Å²) < 4.78 is 1.02. The first-order valence-corrected chi connectivity index (χ1v) is 5.03. The molecule has 0 bridgehead atoms. The first-order chi connectivity index (χ1) is 6.18. The summed E-state index contributed by atoms with van der Waals surface area (Å²) in [5.74, 6) is 0. The zero-order valence-electron chi connectivity index (χ0n) is 8.24. The van der Waals surface area contributed by atoms with Gasteiger partial charge in [0.2, 0.25) is 0 Å². The molecule has 14 heavy (non-hydrogen) atoms. The van der Waals surface area contributed by atoms with Crippen molar-refractivity contribution in [3.8, 4) is 0 Å². The van der Waals surface area contributed by atoms with E-state index >= 15 is 0 Å². The van der Waals surface area contributed by atoms with Gasteiger partial charge in [0.15, 0.2) is 0 Å². The van der Waals surface area contributed by atoms with Gasteiger partial charge < -0.3 is 0 Å². The number of nitrogens with zero attached hydrogens (tertiary/aromatic N) is 1. The molecule has 3 heteroatoms. The average molecular weight is 277 g/mol. The van der Waals surface area contributed by atoms with Crippen LogP contribution in [0.4, 0.5) is 0 Å². The smallest absolute Gasteiger partial charge is 0.0294 e. The fourth-order valence-electron chi connectivity index (χ4n) is 1.24. The molecule has 0 saturated carbocycles. The van der Waals surface area contributed by atoms with Gasteiger partial charge in [0.25, 0.3) is 0 Å². The Balaban J connectivity index is 0.00000169. The molecule has 78 valence electrons. The first-order valence-electron chi connectivity index (χ1n) is 4.24. The van der Waals surface area contributed by atoms with Crippen LogP contribution in [0, 0.1) is 0 Å². The molecule has 0 N–H and O–H groups in total. The molecular formula is C11H15BrClN. The zero-order valence-corrected chi connectivity index (χ0v) is 10.6.